The van der Waals surface area contributed by atoms with E-state index in [9.17, 15) is 4.79 Å². The zero-order valence-electron chi connectivity index (χ0n) is 11.9. The maximum Gasteiger partial charge on any atom is 0.256 e. The van der Waals surface area contributed by atoms with Crippen LogP contribution in [0, 0.1) is 0 Å². The monoisotopic (exact) mass is 278 g/mol. The third kappa shape index (κ3) is 2.63. The highest BCUT2D eigenvalue weighted by molar-refractivity contribution is 5.20. The second-order valence-electron chi connectivity index (χ2n) is 5.39. The first-order chi connectivity index (χ1) is 9.79. The molecule has 0 aromatic carbocycles. The predicted molar refractivity (Wildman–Crippen MR) is 75.7 cm³/mol. The first kappa shape index (κ1) is 13.7. The normalized spacial score (nSPS) is 21.4. The largest absolute Gasteiger partial charge is 0.376 e. The van der Waals surface area contributed by atoms with Crippen LogP contribution in [-0.2, 0) is 17.8 Å². The van der Waals surface area contributed by atoms with E-state index in [2.05, 4.69) is 22.1 Å². The van der Waals surface area contributed by atoms with Crippen molar-refractivity contribution in [3.8, 4) is 0 Å². The van der Waals surface area contributed by atoms with Crippen molar-refractivity contribution in [2.45, 2.75) is 32.4 Å². The Morgan fingerprint density at radius 1 is 1.40 bits per heavy atom. The van der Waals surface area contributed by atoms with Gasteiger partial charge >= 0.3 is 0 Å². The van der Waals surface area contributed by atoms with Crippen LogP contribution < -0.4 is 10.9 Å². The van der Waals surface area contributed by atoms with Crippen molar-refractivity contribution < 1.29 is 4.74 Å². The van der Waals surface area contributed by atoms with Crippen molar-refractivity contribution >= 4 is 0 Å². The number of ether oxygens (including phenoxy) is 1. The summed E-state index contributed by atoms with van der Waals surface area (Å²) in [6.07, 6.45) is 1.70. The van der Waals surface area contributed by atoms with E-state index in [1.807, 2.05) is 0 Å². The van der Waals surface area contributed by atoms with Crippen LogP contribution in [-0.4, -0.2) is 47.7 Å². The number of fused-ring (bicyclic) bond motifs is 1. The topological polar surface area (TPSA) is 70.2 Å². The van der Waals surface area contributed by atoms with Gasteiger partial charge in [0.15, 0.2) is 0 Å². The zero-order valence-corrected chi connectivity index (χ0v) is 11.9. The Morgan fingerprint density at radius 3 is 2.95 bits per heavy atom. The Morgan fingerprint density at radius 2 is 2.20 bits per heavy atom. The summed E-state index contributed by atoms with van der Waals surface area (Å²) in [6.45, 7) is 7.20. The second kappa shape index (κ2) is 6.03. The molecule has 2 aliphatic rings. The number of piperazine rings is 1. The summed E-state index contributed by atoms with van der Waals surface area (Å²) in [5.41, 5.74) is 1.59. The number of hydrogen-bond acceptors (Lipinski definition) is 5. The molecule has 0 amide bonds. The molecule has 2 aliphatic heterocycles. The quantitative estimate of drug-likeness (QED) is 0.826. The Bertz CT molecular complexity index is 522. The minimum Gasteiger partial charge on any atom is -0.376 e. The van der Waals surface area contributed by atoms with Crippen molar-refractivity contribution in [2.24, 2.45) is 0 Å². The number of H-pyrrole nitrogens is 1. The predicted octanol–water partition coefficient (Wildman–Crippen LogP) is 0.199. The minimum atomic E-state index is -0.0294. The average Bonchev–Trinajstić information content (AvgIpc) is 2.49. The lowest BCUT2D eigenvalue weighted by molar-refractivity contribution is 0.107. The molecule has 3 heterocycles. The van der Waals surface area contributed by atoms with Crippen LogP contribution in [0.2, 0.25) is 0 Å². The van der Waals surface area contributed by atoms with Crippen LogP contribution in [0.4, 0.5) is 0 Å². The van der Waals surface area contributed by atoms with Gasteiger partial charge in [-0.2, -0.15) is 0 Å². The van der Waals surface area contributed by atoms with E-state index in [4.69, 9.17) is 9.72 Å². The van der Waals surface area contributed by atoms with Crippen molar-refractivity contribution in [1.29, 1.82) is 0 Å². The number of aromatic amines is 1. The van der Waals surface area contributed by atoms with Gasteiger partial charge < -0.3 is 15.0 Å². The standard InChI is InChI=1S/C14H22N4O2/c1-2-12(18-6-4-15-5-7-18)13-16-11-3-8-20-9-10(11)14(19)17-13/h12,15H,2-9H2,1H3,(H,16,17,19). The highest BCUT2D eigenvalue weighted by atomic mass is 16.5. The number of nitrogens with one attached hydrogen (secondary N) is 2. The lowest BCUT2D eigenvalue weighted by Gasteiger charge is -2.34. The van der Waals surface area contributed by atoms with Gasteiger partial charge in [0.1, 0.15) is 5.82 Å². The maximum atomic E-state index is 12.2. The molecule has 1 aromatic heterocycles. The van der Waals surface area contributed by atoms with Gasteiger partial charge in [-0.1, -0.05) is 6.92 Å². The van der Waals surface area contributed by atoms with Gasteiger partial charge in [-0.25, -0.2) is 4.98 Å². The maximum absolute atomic E-state index is 12.2. The lowest BCUT2D eigenvalue weighted by atomic mass is 10.1. The third-order valence-corrected chi connectivity index (χ3v) is 4.14. The van der Waals surface area contributed by atoms with Gasteiger partial charge in [-0.05, 0) is 6.42 Å². The Hall–Kier alpha value is -1.24. The van der Waals surface area contributed by atoms with Gasteiger partial charge in [0.05, 0.1) is 30.5 Å². The Labute approximate surface area is 118 Å². The minimum absolute atomic E-state index is 0.0294. The van der Waals surface area contributed by atoms with Crippen LogP contribution in [0.15, 0.2) is 4.79 Å². The summed E-state index contributed by atoms with van der Waals surface area (Å²) in [5, 5.41) is 3.36. The molecule has 1 unspecified atom stereocenters. The summed E-state index contributed by atoms with van der Waals surface area (Å²) in [5.74, 6) is 0.819. The van der Waals surface area contributed by atoms with Crippen LogP contribution in [0.1, 0.15) is 36.5 Å². The SMILES string of the molecule is CCC(c1nc2c(c(=O)[nH]1)COCC2)N1CCNCC1. The molecule has 1 fully saturated rings. The summed E-state index contributed by atoms with van der Waals surface area (Å²) >= 11 is 0. The van der Waals surface area contributed by atoms with Gasteiger partial charge in [-0.3, -0.25) is 9.69 Å². The average molecular weight is 278 g/mol. The molecule has 0 spiro atoms. The summed E-state index contributed by atoms with van der Waals surface area (Å²) < 4.78 is 5.34. The first-order valence-corrected chi connectivity index (χ1v) is 7.44. The molecule has 20 heavy (non-hydrogen) atoms. The highest BCUT2D eigenvalue weighted by Gasteiger charge is 2.25. The van der Waals surface area contributed by atoms with E-state index in [0.29, 0.717) is 18.8 Å². The van der Waals surface area contributed by atoms with Crippen LogP contribution in [0.3, 0.4) is 0 Å². The van der Waals surface area contributed by atoms with Gasteiger partial charge in [0, 0.05) is 32.6 Å². The van der Waals surface area contributed by atoms with Crippen LogP contribution in [0.5, 0.6) is 0 Å². The van der Waals surface area contributed by atoms with Crippen molar-refractivity contribution in [2.75, 3.05) is 32.8 Å². The first-order valence-electron chi connectivity index (χ1n) is 7.44. The fraction of sp³-hybridized carbons (Fsp3) is 0.714. The van der Waals surface area contributed by atoms with Crippen LogP contribution in [0.25, 0.3) is 0 Å². The highest BCUT2D eigenvalue weighted by Crippen LogP contribution is 2.22. The Kier molecular flexibility index (Phi) is 4.14. The molecule has 6 heteroatoms. The number of rotatable bonds is 3. The summed E-state index contributed by atoms with van der Waals surface area (Å²) in [6, 6.07) is 0.206. The fourth-order valence-electron chi connectivity index (χ4n) is 3.04. The van der Waals surface area contributed by atoms with Crippen LogP contribution >= 0.6 is 0 Å². The number of nitrogens with zero attached hydrogens (tertiary/aromatic N) is 2. The molecule has 3 rings (SSSR count). The van der Waals surface area contributed by atoms with Gasteiger partial charge in [0.25, 0.3) is 5.56 Å². The van der Waals surface area contributed by atoms with Gasteiger partial charge in [-0.15, -0.1) is 0 Å². The molecule has 0 saturated carbocycles. The molecule has 0 aliphatic carbocycles. The van der Waals surface area contributed by atoms with Crippen molar-refractivity contribution in [3.05, 3.63) is 27.4 Å². The third-order valence-electron chi connectivity index (χ3n) is 4.14. The van der Waals surface area contributed by atoms with E-state index in [0.717, 1.165) is 50.5 Å². The van der Waals surface area contributed by atoms with E-state index >= 15 is 0 Å². The van der Waals surface area contributed by atoms with E-state index < -0.39 is 0 Å². The van der Waals surface area contributed by atoms with Gasteiger partial charge in [0.2, 0.25) is 0 Å². The zero-order chi connectivity index (χ0) is 13.9. The molecule has 2 N–H and O–H groups in total. The lowest BCUT2D eigenvalue weighted by Crippen LogP contribution is -2.45. The molecule has 1 saturated heterocycles. The molecule has 1 aromatic rings. The molecule has 0 radical (unpaired) electrons. The summed E-state index contributed by atoms with van der Waals surface area (Å²) in [7, 11) is 0. The van der Waals surface area contributed by atoms with E-state index in [1.54, 1.807) is 0 Å². The molecule has 6 nitrogen and oxygen atoms in total. The molecule has 110 valence electrons. The van der Waals surface area contributed by atoms with Crippen molar-refractivity contribution in [3.63, 3.8) is 0 Å². The molecular formula is C14H22N4O2. The second-order valence-corrected chi connectivity index (χ2v) is 5.39. The summed E-state index contributed by atoms with van der Waals surface area (Å²) in [4.78, 5) is 22.3. The molecule has 0 bridgehead atoms. The number of hydrogen-bond donors (Lipinski definition) is 2. The van der Waals surface area contributed by atoms with Crippen molar-refractivity contribution in [1.82, 2.24) is 20.2 Å². The smallest absolute Gasteiger partial charge is 0.256 e. The number of aromatic nitrogens is 2. The Balaban J connectivity index is 1.91. The van der Waals surface area contributed by atoms with E-state index in [1.165, 1.54) is 0 Å². The molecule has 1 atom stereocenters. The molecular weight excluding hydrogens is 256 g/mol. The van der Waals surface area contributed by atoms with E-state index in [-0.39, 0.29) is 11.6 Å². The fourth-order valence-corrected chi connectivity index (χ4v) is 3.04.